The lowest BCUT2D eigenvalue weighted by atomic mass is 9.90. The van der Waals surface area contributed by atoms with Crippen LogP contribution in [0.25, 0.3) is 0 Å². The van der Waals surface area contributed by atoms with Crippen LogP contribution >= 0.6 is 0 Å². The Balaban J connectivity index is 1.68. The van der Waals surface area contributed by atoms with Gasteiger partial charge in [0.25, 0.3) is 0 Å². The van der Waals surface area contributed by atoms with E-state index in [4.69, 9.17) is 4.74 Å². The topological polar surface area (TPSA) is 41.5 Å². The van der Waals surface area contributed by atoms with Crippen molar-refractivity contribution < 1.29 is 40.6 Å². The molecular formula is C24H26F7NO2. The van der Waals surface area contributed by atoms with Crippen LogP contribution in [0.15, 0.2) is 42.5 Å². The van der Waals surface area contributed by atoms with Crippen molar-refractivity contribution in [3.05, 3.63) is 59.4 Å². The molecule has 3 rings (SSSR count). The van der Waals surface area contributed by atoms with Crippen LogP contribution in [0.5, 0.6) is 5.75 Å². The highest BCUT2D eigenvalue weighted by atomic mass is 19.4. The van der Waals surface area contributed by atoms with E-state index in [1.807, 2.05) is 0 Å². The monoisotopic (exact) mass is 493 g/mol. The fourth-order valence-corrected chi connectivity index (χ4v) is 3.96. The molecule has 0 aliphatic heterocycles. The Hall–Kier alpha value is -2.49. The Morgan fingerprint density at radius 3 is 2.26 bits per heavy atom. The summed E-state index contributed by atoms with van der Waals surface area (Å²) in [5.74, 6) is -0.588. The third-order valence-corrected chi connectivity index (χ3v) is 6.02. The molecular weight excluding hydrogens is 467 g/mol. The highest BCUT2D eigenvalue weighted by Gasteiger charge is 2.53. The van der Waals surface area contributed by atoms with E-state index >= 15 is 0 Å². The van der Waals surface area contributed by atoms with Gasteiger partial charge in [0.05, 0.1) is 18.7 Å². The number of ether oxygens (including phenoxy) is 1. The van der Waals surface area contributed by atoms with Crippen molar-refractivity contribution in [1.29, 1.82) is 0 Å². The Labute approximate surface area is 192 Å². The average molecular weight is 493 g/mol. The molecule has 0 bridgehead atoms. The number of hydrogen-bond donors (Lipinski definition) is 2. The van der Waals surface area contributed by atoms with E-state index in [2.05, 4.69) is 5.32 Å². The fourth-order valence-electron chi connectivity index (χ4n) is 3.96. The molecule has 1 aliphatic carbocycles. The molecule has 0 saturated heterocycles. The summed E-state index contributed by atoms with van der Waals surface area (Å²) >= 11 is 0. The minimum absolute atomic E-state index is 0.118. The maximum atomic E-state index is 14.1. The van der Waals surface area contributed by atoms with Gasteiger partial charge in [-0.25, -0.2) is 4.39 Å². The largest absolute Gasteiger partial charge is 0.493 e. The van der Waals surface area contributed by atoms with Crippen LogP contribution in [0.1, 0.15) is 43.2 Å². The van der Waals surface area contributed by atoms with Crippen LogP contribution in [-0.2, 0) is 12.6 Å². The second kappa shape index (κ2) is 10.4. The standard InChI is InChI=1S/C24H26F7NO2/c25-21-11-18(23(26,27)28)10-9-17(21)13-22(33,24(29,30)31)15-32-19-7-4-8-20(12-19)34-14-16-5-2-1-3-6-16/h4,7-12,16,32-33H,1-3,5-6,13-15H2. The van der Waals surface area contributed by atoms with Crippen LogP contribution < -0.4 is 10.1 Å². The molecule has 10 heteroatoms. The molecule has 1 unspecified atom stereocenters. The molecule has 34 heavy (non-hydrogen) atoms. The van der Waals surface area contributed by atoms with Crippen molar-refractivity contribution >= 4 is 5.69 Å². The summed E-state index contributed by atoms with van der Waals surface area (Å²) in [5, 5.41) is 12.8. The lowest BCUT2D eigenvalue weighted by molar-refractivity contribution is -0.254. The van der Waals surface area contributed by atoms with Gasteiger partial charge in [0, 0.05) is 18.2 Å². The van der Waals surface area contributed by atoms with Crippen LogP contribution in [0.4, 0.5) is 36.4 Å². The van der Waals surface area contributed by atoms with E-state index in [9.17, 15) is 35.8 Å². The van der Waals surface area contributed by atoms with Crippen molar-refractivity contribution in [2.75, 3.05) is 18.5 Å². The zero-order valence-corrected chi connectivity index (χ0v) is 18.3. The van der Waals surface area contributed by atoms with Crippen molar-refractivity contribution in [3.8, 4) is 5.75 Å². The number of aliphatic hydroxyl groups is 1. The summed E-state index contributed by atoms with van der Waals surface area (Å²) in [4.78, 5) is 0. The first-order valence-electron chi connectivity index (χ1n) is 11.0. The molecule has 0 aromatic heterocycles. The van der Waals surface area contributed by atoms with E-state index in [0.29, 0.717) is 30.4 Å². The smallest absolute Gasteiger partial charge is 0.419 e. The highest BCUT2D eigenvalue weighted by molar-refractivity contribution is 5.48. The number of benzene rings is 2. The molecule has 188 valence electrons. The number of rotatable bonds is 8. The van der Waals surface area contributed by atoms with Crippen LogP contribution in [0, 0.1) is 11.7 Å². The lowest BCUT2D eigenvalue weighted by Gasteiger charge is -2.31. The maximum Gasteiger partial charge on any atom is 0.419 e. The van der Waals surface area contributed by atoms with Crippen molar-refractivity contribution in [1.82, 2.24) is 0 Å². The van der Waals surface area contributed by atoms with Gasteiger partial charge in [0.15, 0.2) is 5.60 Å². The third-order valence-electron chi connectivity index (χ3n) is 6.02. The minimum atomic E-state index is -5.18. The van der Waals surface area contributed by atoms with Gasteiger partial charge in [0.2, 0.25) is 0 Å². The molecule has 1 atom stereocenters. The summed E-state index contributed by atoms with van der Waals surface area (Å²) in [5.41, 5.74) is -5.18. The molecule has 3 nitrogen and oxygen atoms in total. The van der Waals surface area contributed by atoms with E-state index in [-0.39, 0.29) is 11.8 Å². The number of hydrogen-bond acceptors (Lipinski definition) is 3. The molecule has 0 amide bonds. The summed E-state index contributed by atoms with van der Waals surface area (Å²) < 4.78 is 99.1. The zero-order valence-electron chi connectivity index (χ0n) is 18.3. The van der Waals surface area contributed by atoms with Crippen molar-refractivity contribution in [2.24, 2.45) is 5.92 Å². The van der Waals surface area contributed by atoms with Crippen LogP contribution in [0.2, 0.25) is 0 Å². The van der Waals surface area contributed by atoms with Crippen LogP contribution in [0.3, 0.4) is 0 Å². The summed E-state index contributed by atoms with van der Waals surface area (Å²) in [6.45, 7) is -0.536. The van der Waals surface area contributed by atoms with E-state index in [0.717, 1.165) is 25.7 Å². The first-order valence-corrected chi connectivity index (χ1v) is 11.0. The Bertz CT molecular complexity index is 955. The SMILES string of the molecule is OC(CNc1cccc(OCC2CCCCC2)c1)(Cc1ccc(C(F)(F)F)cc1F)C(F)(F)F. The van der Waals surface area contributed by atoms with Gasteiger partial charge in [-0.2, -0.15) is 26.3 Å². The predicted octanol–water partition coefficient (Wildman–Crippen LogP) is 6.75. The van der Waals surface area contributed by atoms with Gasteiger partial charge in [-0.1, -0.05) is 31.4 Å². The molecule has 2 N–H and O–H groups in total. The number of nitrogens with one attached hydrogen (secondary N) is 1. The molecule has 2 aromatic carbocycles. The van der Waals surface area contributed by atoms with E-state index < -0.39 is 47.9 Å². The van der Waals surface area contributed by atoms with Crippen molar-refractivity contribution in [3.63, 3.8) is 0 Å². The molecule has 1 aliphatic rings. The van der Waals surface area contributed by atoms with E-state index in [1.165, 1.54) is 18.6 Å². The van der Waals surface area contributed by atoms with Crippen molar-refractivity contribution in [2.45, 2.75) is 56.5 Å². The molecule has 0 spiro atoms. The van der Waals surface area contributed by atoms with Gasteiger partial charge in [0.1, 0.15) is 11.6 Å². The van der Waals surface area contributed by atoms with E-state index in [1.54, 1.807) is 12.1 Å². The highest BCUT2D eigenvalue weighted by Crippen LogP contribution is 2.36. The first kappa shape index (κ1) is 26.1. The maximum absolute atomic E-state index is 14.1. The fraction of sp³-hybridized carbons (Fsp3) is 0.500. The quantitative estimate of drug-likeness (QED) is 0.400. The molecule has 0 radical (unpaired) electrons. The summed E-state index contributed by atoms with van der Waals surface area (Å²) in [6.07, 6.45) is -5.65. The van der Waals surface area contributed by atoms with Gasteiger partial charge >= 0.3 is 12.4 Å². The van der Waals surface area contributed by atoms with Gasteiger partial charge in [-0.05, 0) is 48.6 Å². The Kier molecular flexibility index (Phi) is 8.00. The normalized spacial score (nSPS) is 17.3. The zero-order chi connectivity index (χ0) is 25.0. The average Bonchev–Trinajstić information content (AvgIpc) is 2.77. The number of anilines is 1. The minimum Gasteiger partial charge on any atom is -0.493 e. The van der Waals surface area contributed by atoms with Gasteiger partial charge in [-0.15, -0.1) is 0 Å². The number of alkyl halides is 6. The molecule has 1 fully saturated rings. The summed E-state index contributed by atoms with van der Waals surface area (Å²) in [6, 6.07) is 7.45. The molecule has 0 heterocycles. The van der Waals surface area contributed by atoms with Crippen LogP contribution in [-0.4, -0.2) is 30.0 Å². The lowest BCUT2D eigenvalue weighted by Crippen LogP contribution is -2.52. The molecule has 2 aromatic rings. The summed E-state index contributed by atoms with van der Waals surface area (Å²) in [7, 11) is 0. The predicted molar refractivity (Wildman–Crippen MR) is 113 cm³/mol. The Morgan fingerprint density at radius 1 is 0.941 bits per heavy atom. The second-order valence-corrected chi connectivity index (χ2v) is 8.71. The second-order valence-electron chi connectivity index (χ2n) is 8.71. The first-order chi connectivity index (χ1) is 15.9. The van der Waals surface area contributed by atoms with Gasteiger partial charge < -0.3 is 15.2 Å². The molecule has 1 saturated carbocycles. The number of halogens is 7. The van der Waals surface area contributed by atoms with Gasteiger partial charge in [-0.3, -0.25) is 0 Å². The Morgan fingerprint density at radius 2 is 1.65 bits per heavy atom. The third kappa shape index (κ3) is 6.77.